The Kier molecular flexibility index (Phi) is 2.21. The summed E-state index contributed by atoms with van der Waals surface area (Å²) in [6.45, 7) is 1.84. The molecule has 2 rings (SSSR count). The molecule has 1 N–H and O–H groups in total. The van der Waals surface area contributed by atoms with E-state index in [1.807, 2.05) is 13.0 Å². The lowest BCUT2D eigenvalue weighted by Crippen LogP contribution is -1.93. The first-order valence-corrected chi connectivity index (χ1v) is 4.43. The van der Waals surface area contributed by atoms with Gasteiger partial charge in [-0.2, -0.15) is 5.10 Å². The standard InChI is InChI=1S/C10H9N3O2/c1-7-3-2-4-9(13(14)15)10(7)8-5-11-12-6-8/h2-6H,1H3,(H,11,12). The van der Waals surface area contributed by atoms with E-state index < -0.39 is 0 Å². The normalized spacial score (nSPS) is 10.2. The molecule has 0 aliphatic carbocycles. The molecule has 5 heteroatoms. The Balaban J connectivity index is 2.68. The van der Waals surface area contributed by atoms with E-state index in [0.717, 1.165) is 11.1 Å². The zero-order valence-electron chi connectivity index (χ0n) is 8.10. The van der Waals surface area contributed by atoms with Crippen LogP contribution >= 0.6 is 0 Å². The lowest BCUT2D eigenvalue weighted by atomic mass is 10.0. The first-order chi connectivity index (χ1) is 7.20. The van der Waals surface area contributed by atoms with Crippen LogP contribution in [0.4, 0.5) is 5.69 Å². The van der Waals surface area contributed by atoms with Crippen LogP contribution in [0.1, 0.15) is 5.56 Å². The van der Waals surface area contributed by atoms with E-state index in [2.05, 4.69) is 10.2 Å². The van der Waals surface area contributed by atoms with Crippen molar-refractivity contribution in [1.82, 2.24) is 10.2 Å². The average molecular weight is 203 g/mol. The minimum atomic E-state index is -0.380. The number of aromatic amines is 1. The fourth-order valence-corrected chi connectivity index (χ4v) is 1.57. The number of rotatable bonds is 2. The monoisotopic (exact) mass is 203 g/mol. The second kappa shape index (κ2) is 3.53. The van der Waals surface area contributed by atoms with Crippen molar-refractivity contribution in [2.45, 2.75) is 6.92 Å². The summed E-state index contributed by atoms with van der Waals surface area (Å²) in [6.07, 6.45) is 3.23. The summed E-state index contributed by atoms with van der Waals surface area (Å²) >= 11 is 0. The number of nitrogens with zero attached hydrogens (tertiary/aromatic N) is 2. The third-order valence-corrected chi connectivity index (χ3v) is 2.23. The van der Waals surface area contributed by atoms with Crippen molar-refractivity contribution in [3.63, 3.8) is 0 Å². The number of benzene rings is 1. The summed E-state index contributed by atoms with van der Waals surface area (Å²) in [4.78, 5) is 10.5. The fraction of sp³-hybridized carbons (Fsp3) is 0.100. The second-order valence-corrected chi connectivity index (χ2v) is 3.21. The third kappa shape index (κ3) is 1.59. The highest BCUT2D eigenvalue weighted by molar-refractivity contribution is 5.75. The molecule has 0 radical (unpaired) electrons. The molecule has 1 heterocycles. The zero-order valence-corrected chi connectivity index (χ0v) is 8.10. The van der Waals surface area contributed by atoms with Gasteiger partial charge in [0.05, 0.1) is 16.7 Å². The van der Waals surface area contributed by atoms with Crippen molar-refractivity contribution in [2.24, 2.45) is 0 Å². The summed E-state index contributed by atoms with van der Waals surface area (Å²) < 4.78 is 0. The van der Waals surface area contributed by atoms with Gasteiger partial charge in [0.15, 0.2) is 0 Å². The number of nitro benzene ring substituents is 1. The fourth-order valence-electron chi connectivity index (χ4n) is 1.57. The Labute approximate surface area is 85.9 Å². The second-order valence-electron chi connectivity index (χ2n) is 3.21. The zero-order chi connectivity index (χ0) is 10.8. The molecule has 5 nitrogen and oxygen atoms in total. The quantitative estimate of drug-likeness (QED) is 0.601. The van der Waals surface area contributed by atoms with Gasteiger partial charge in [0.2, 0.25) is 0 Å². The van der Waals surface area contributed by atoms with Gasteiger partial charge in [-0.1, -0.05) is 12.1 Å². The van der Waals surface area contributed by atoms with Gasteiger partial charge in [-0.3, -0.25) is 15.2 Å². The predicted molar refractivity (Wildman–Crippen MR) is 55.4 cm³/mol. The van der Waals surface area contributed by atoms with E-state index >= 15 is 0 Å². The lowest BCUT2D eigenvalue weighted by Gasteiger charge is -2.03. The van der Waals surface area contributed by atoms with E-state index in [-0.39, 0.29) is 10.6 Å². The van der Waals surface area contributed by atoms with Crippen LogP contribution in [0.3, 0.4) is 0 Å². The molecule has 1 aromatic carbocycles. The summed E-state index contributed by atoms with van der Waals surface area (Å²) in [5, 5.41) is 17.3. The van der Waals surface area contributed by atoms with Crippen LogP contribution in [-0.2, 0) is 0 Å². The van der Waals surface area contributed by atoms with E-state index in [1.54, 1.807) is 18.5 Å². The average Bonchev–Trinajstić information content (AvgIpc) is 2.70. The van der Waals surface area contributed by atoms with Gasteiger partial charge in [0.1, 0.15) is 0 Å². The SMILES string of the molecule is Cc1cccc([N+](=O)[O-])c1-c1cn[nH]c1. The van der Waals surface area contributed by atoms with Crippen LogP contribution in [0.2, 0.25) is 0 Å². The van der Waals surface area contributed by atoms with Gasteiger partial charge < -0.3 is 0 Å². The van der Waals surface area contributed by atoms with Gasteiger partial charge in [-0.25, -0.2) is 0 Å². The highest BCUT2D eigenvalue weighted by Gasteiger charge is 2.17. The van der Waals surface area contributed by atoms with Gasteiger partial charge in [0.25, 0.3) is 5.69 Å². The molecule has 1 aromatic heterocycles. The largest absolute Gasteiger partial charge is 0.285 e. The summed E-state index contributed by atoms with van der Waals surface area (Å²) in [5.74, 6) is 0. The van der Waals surface area contributed by atoms with Crippen LogP contribution in [0.5, 0.6) is 0 Å². The van der Waals surface area contributed by atoms with Crippen molar-refractivity contribution in [1.29, 1.82) is 0 Å². The molecule has 0 saturated carbocycles. The minimum Gasteiger partial charge on any atom is -0.285 e. The molecule has 0 unspecified atom stereocenters. The number of hydrogen-bond donors (Lipinski definition) is 1. The first kappa shape index (κ1) is 9.39. The topological polar surface area (TPSA) is 71.8 Å². The molecule has 76 valence electrons. The van der Waals surface area contributed by atoms with Crippen LogP contribution in [0.25, 0.3) is 11.1 Å². The molecule has 0 atom stereocenters. The molecular formula is C10H9N3O2. The maximum atomic E-state index is 10.8. The van der Waals surface area contributed by atoms with Crippen molar-refractivity contribution in [2.75, 3.05) is 0 Å². The molecule has 0 aliphatic rings. The molecular weight excluding hydrogens is 194 g/mol. The van der Waals surface area contributed by atoms with Gasteiger partial charge in [0, 0.05) is 17.8 Å². The van der Waals surface area contributed by atoms with Gasteiger partial charge in [-0.15, -0.1) is 0 Å². The molecule has 15 heavy (non-hydrogen) atoms. The van der Waals surface area contributed by atoms with Crippen molar-refractivity contribution in [3.05, 3.63) is 46.3 Å². The number of hydrogen-bond acceptors (Lipinski definition) is 3. The van der Waals surface area contributed by atoms with E-state index in [4.69, 9.17) is 0 Å². The van der Waals surface area contributed by atoms with Crippen molar-refractivity contribution < 1.29 is 4.92 Å². The molecule has 2 aromatic rings. The number of nitrogens with one attached hydrogen (secondary N) is 1. The number of aryl methyl sites for hydroxylation is 1. The van der Waals surface area contributed by atoms with E-state index in [0.29, 0.717) is 5.56 Å². The molecule has 0 fully saturated rings. The molecule has 0 bridgehead atoms. The predicted octanol–water partition coefficient (Wildman–Crippen LogP) is 2.29. The highest BCUT2D eigenvalue weighted by Crippen LogP contribution is 2.31. The van der Waals surface area contributed by atoms with Crippen LogP contribution in [0, 0.1) is 17.0 Å². The maximum absolute atomic E-state index is 10.8. The number of H-pyrrole nitrogens is 1. The smallest absolute Gasteiger partial charge is 0.277 e. The maximum Gasteiger partial charge on any atom is 0.277 e. The van der Waals surface area contributed by atoms with Crippen LogP contribution in [-0.4, -0.2) is 15.1 Å². The summed E-state index contributed by atoms with van der Waals surface area (Å²) in [6, 6.07) is 5.02. The van der Waals surface area contributed by atoms with E-state index in [1.165, 1.54) is 6.07 Å². The minimum absolute atomic E-state index is 0.108. The molecule has 0 saturated heterocycles. The Bertz CT molecular complexity index is 491. The number of aromatic nitrogens is 2. The highest BCUT2D eigenvalue weighted by atomic mass is 16.6. The van der Waals surface area contributed by atoms with E-state index in [9.17, 15) is 10.1 Å². The molecule has 0 aliphatic heterocycles. The van der Waals surface area contributed by atoms with Crippen LogP contribution in [0.15, 0.2) is 30.6 Å². The Morgan fingerprint density at radius 2 is 2.27 bits per heavy atom. The van der Waals surface area contributed by atoms with Gasteiger partial charge >= 0.3 is 0 Å². The third-order valence-electron chi connectivity index (χ3n) is 2.23. The van der Waals surface area contributed by atoms with Crippen molar-refractivity contribution >= 4 is 5.69 Å². The Morgan fingerprint density at radius 3 is 2.87 bits per heavy atom. The first-order valence-electron chi connectivity index (χ1n) is 4.43. The molecule has 0 spiro atoms. The summed E-state index contributed by atoms with van der Waals surface area (Å²) in [5.41, 5.74) is 2.33. The Morgan fingerprint density at radius 1 is 1.47 bits per heavy atom. The number of nitro groups is 1. The summed E-state index contributed by atoms with van der Waals surface area (Å²) in [7, 11) is 0. The van der Waals surface area contributed by atoms with Crippen LogP contribution < -0.4 is 0 Å². The Hall–Kier alpha value is -2.17. The van der Waals surface area contributed by atoms with Crippen molar-refractivity contribution in [3.8, 4) is 11.1 Å². The lowest BCUT2D eigenvalue weighted by molar-refractivity contribution is -0.384. The van der Waals surface area contributed by atoms with Gasteiger partial charge in [-0.05, 0) is 12.5 Å². The molecule has 0 amide bonds.